The quantitative estimate of drug-likeness (QED) is 0.144. The van der Waals surface area contributed by atoms with Gasteiger partial charge in [0.05, 0.1) is 0 Å². The average molecular weight is 88.1 g/mol. The van der Waals surface area contributed by atoms with Gasteiger partial charge in [0.25, 0.3) is 5.96 Å². The van der Waals surface area contributed by atoms with Gasteiger partial charge in [-0.25, -0.2) is 11.0 Å². The van der Waals surface area contributed by atoms with Gasteiger partial charge in [-0.3, -0.25) is 10.6 Å². The molecule has 0 spiro atoms. The molecule has 5 heteroatoms. The van der Waals surface area contributed by atoms with Crippen molar-refractivity contribution in [1.82, 2.24) is 5.48 Å². The molecule has 0 rings (SSSR count). The fourth-order valence-electron chi connectivity index (χ4n) is 0.0250. The predicted octanol–water partition coefficient (Wildman–Crippen LogP) is -0.0691. The molecule has 0 unspecified atom stereocenters. The number of nitrogens with zero attached hydrogens (tertiary/aromatic N) is 1. The Morgan fingerprint density at radius 3 is 2.33 bits per heavy atom. The van der Waals surface area contributed by atoms with Crippen LogP contribution < -0.4 is 5.48 Å². The Labute approximate surface area is 34.0 Å². The number of hydroxylamine groups is 1. The highest BCUT2D eigenvalue weighted by Crippen LogP contribution is 1.58. The van der Waals surface area contributed by atoms with Crippen LogP contribution in [0.1, 0.15) is 0 Å². The van der Waals surface area contributed by atoms with Crippen molar-refractivity contribution in [3.63, 3.8) is 0 Å². The van der Waals surface area contributed by atoms with E-state index in [4.69, 9.17) is 16.1 Å². The van der Waals surface area contributed by atoms with Gasteiger partial charge in [0.15, 0.2) is 0 Å². The van der Waals surface area contributed by atoms with E-state index in [0.717, 1.165) is 0 Å². The summed E-state index contributed by atoms with van der Waals surface area (Å²) in [6.07, 6.45) is 0. The zero-order chi connectivity index (χ0) is 4.99. The molecule has 0 aromatic carbocycles. The van der Waals surface area contributed by atoms with Crippen LogP contribution in [-0.4, -0.2) is 11.2 Å². The average Bonchev–Trinajstić information content (AvgIpc) is 1.65. The summed E-state index contributed by atoms with van der Waals surface area (Å²) in [4.78, 5) is 0. The van der Waals surface area contributed by atoms with Crippen molar-refractivity contribution in [3.05, 3.63) is 0 Å². The zero-order valence-electron chi connectivity index (χ0n) is 2.89. The number of rotatable bonds is 0. The zero-order valence-corrected chi connectivity index (χ0v) is 2.89. The molecule has 0 atom stereocenters. The van der Waals surface area contributed by atoms with Crippen LogP contribution in [0, 0.1) is 10.9 Å². The number of hydrogen-bond donors (Lipinski definition) is 4. The summed E-state index contributed by atoms with van der Waals surface area (Å²) in [6, 6.07) is 0. The van der Waals surface area contributed by atoms with Crippen LogP contribution in [0.2, 0.25) is 0 Å². The summed E-state index contributed by atoms with van der Waals surface area (Å²) in [7, 11) is 0. The second-order valence-electron chi connectivity index (χ2n) is 0.572. The molecule has 0 heterocycles. The van der Waals surface area contributed by atoms with Crippen molar-refractivity contribution < 1.29 is 5.21 Å². The lowest BCUT2D eigenvalue weighted by Gasteiger charge is -1.83. The van der Waals surface area contributed by atoms with Crippen LogP contribution >= 0.6 is 0 Å². The van der Waals surface area contributed by atoms with E-state index in [9.17, 15) is 0 Å². The van der Waals surface area contributed by atoms with Gasteiger partial charge in [-0.1, -0.05) is 0 Å². The minimum atomic E-state index is -0.560. The Morgan fingerprint density at radius 1 is 1.83 bits per heavy atom. The highest BCUT2D eigenvalue weighted by molar-refractivity contribution is 5.74. The first-order valence-electron chi connectivity index (χ1n) is 1.17. The minimum Gasteiger partial charge on any atom is -0.288 e. The molecule has 0 bridgehead atoms. The molecule has 0 amide bonds. The van der Waals surface area contributed by atoms with Crippen LogP contribution in [0.5, 0.6) is 0 Å². The summed E-state index contributed by atoms with van der Waals surface area (Å²) in [5, 5.41) is 16.4. The first-order chi connectivity index (χ1) is 2.81. The van der Waals surface area contributed by atoms with E-state index in [1.54, 1.807) is 0 Å². The maximum atomic E-state index is 7.65. The van der Waals surface area contributed by atoms with Crippen LogP contribution in [0.4, 0.5) is 0 Å². The van der Waals surface area contributed by atoms with Crippen LogP contribution in [0.3, 0.4) is 0 Å². The maximum absolute atomic E-state index is 7.65. The van der Waals surface area contributed by atoms with Crippen LogP contribution in [0.25, 0.3) is 0 Å². The molecule has 0 aliphatic carbocycles. The lowest BCUT2D eigenvalue weighted by Crippen LogP contribution is -2.13. The van der Waals surface area contributed by atoms with Gasteiger partial charge in [-0.2, -0.15) is 0 Å². The second kappa shape index (κ2) is 2.28. The molecule has 6 heavy (non-hydrogen) atoms. The predicted molar refractivity (Wildman–Crippen MR) is 17.8 cm³/mol. The fraction of sp³-hybridized carbons (Fsp3) is 0. The van der Waals surface area contributed by atoms with E-state index < -0.39 is 5.96 Å². The monoisotopic (exact) mass is 88.0 g/mol. The van der Waals surface area contributed by atoms with Crippen LogP contribution in [0.15, 0.2) is 5.11 Å². The topological polar surface area (TPSA) is 92.3 Å². The SMILES string of the molecule is N=NC(=N)NO. The normalized spacial score (nSPS) is 6.83. The summed E-state index contributed by atoms with van der Waals surface area (Å²) in [5.41, 5.74) is 7.33. The smallest absolute Gasteiger partial charge is 0.258 e. The standard InChI is InChI=1S/CH4N4O/c2-1(4-3)5-6/h3,6H,(H2,2,5). The van der Waals surface area contributed by atoms with Gasteiger partial charge in [0, 0.05) is 0 Å². The Morgan fingerprint density at radius 2 is 2.33 bits per heavy atom. The highest BCUT2D eigenvalue weighted by Gasteiger charge is 1.77. The van der Waals surface area contributed by atoms with Crippen molar-refractivity contribution in [2.24, 2.45) is 5.11 Å². The summed E-state index contributed by atoms with van der Waals surface area (Å²) in [5.74, 6) is -0.560. The molecule has 34 valence electrons. The molecule has 0 radical (unpaired) electrons. The first kappa shape index (κ1) is 5.03. The Balaban J connectivity index is 3.23. The Bertz CT molecular complexity index is 67.9. The number of guanidine groups is 1. The molecule has 0 aliphatic heterocycles. The lowest BCUT2D eigenvalue weighted by atomic mass is 11.1. The Hall–Kier alpha value is -0.970. The molecule has 5 nitrogen and oxygen atoms in total. The third-order valence-corrected chi connectivity index (χ3v) is 0.218. The van der Waals surface area contributed by atoms with Gasteiger partial charge in [0.1, 0.15) is 0 Å². The molecular weight excluding hydrogens is 84.0 g/mol. The van der Waals surface area contributed by atoms with Gasteiger partial charge < -0.3 is 0 Å². The largest absolute Gasteiger partial charge is 0.288 e. The highest BCUT2D eigenvalue weighted by atomic mass is 16.5. The van der Waals surface area contributed by atoms with Gasteiger partial charge in [-0.15, -0.1) is 5.11 Å². The first-order valence-corrected chi connectivity index (χ1v) is 1.17. The van der Waals surface area contributed by atoms with Gasteiger partial charge >= 0.3 is 0 Å². The molecule has 0 aliphatic rings. The van der Waals surface area contributed by atoms with Gasteiger partial charge in [0.2, 0.25) is 0 Å². The molecule has 4 N–H and O–H groups in total. The number of nitrogens with one attached hydrogen (secondary N) is 3. The van der Waals surface area contributed by atoms with E-state index >= 15 is 0 Å². The van der Waals surface area contributed by atoms with Crippen molar-refractivity contribution in [2.75, 3.05) is 0 Å². The van der Waals surface area contributed by atoms with Crippen LogP contribution in [-0.2, 0) is 0 Å². The summed E-state index contributed by atoms with van der Waals surface area (Å²) < 4.78 is 0. The molecular formula is CH4N4O. The second-order valence-corrected chi connectivity index (χ2v) is 0.572. The van der Waals surface area contributed by atoms with E-state index in [1.807, 2.05) is 0 Å². The van der Waals surface area contributed by atoms with Crippen molar-refractivity contribution in [1.29, 1.82) is 10.9 Å². The molecule has 0 fully saturated rings. The van der Waals surface area contributed by atoms with E-state index in [2.05, 4.69) is 5.11 Å². The van der Waals surface area contributed by atoms with Crippen molar-refractivity contribution >= 4 is 5.96 Å². The Kier molecular flexibility index (Phi) is 1.91. The molecule has 0 aromatic rings. The minimum absolute atomic E-state index is 0.560. The van der Waals surface area contributed by atoms with E-state index in [-0.39, 0.29) is 0 Å². The van der Waals surface area contributed by atoms with Crippen molar-refractivity contribution in [2.45, 2.75) is 0 Å². The summed E-state index contributed by atoms with van der Waals surface area (Å²) >= 11 is 0. The molecule has 0 saturated heterocycles. The lowest BCUT2D eigenvalue weighted by molar-refractivity contribution is 0.231. The van der Waals surface area contributed by atoms with E-state index in [1.165, 1.54) is 5.48 Å². The van der Waals surface area contributed by atoms with Gasteiger partial charge in [-0.05, 0) is 0 Å². The fourth-order valence-corrected chi connectivity index (χ4v) is 0.0250. The molecule has 0 aromatic heterocycles. The third-order valence-electron chi connectivity index (χ3n) is 0.218. The summed E-state index contributed by atoms with van der Waals surface area (Å²) in [6.45, 7) is 0. The molecule has 0 saturated carbocycles. The third kappa shape index (κ3) is 1.36. The maximum Gasteiger partial charge on any atom is 0.258 e. The van der Waals surface area contributed by atoms with Crippen molar-refractivity contribution in [3.8, 4) is 0 Å². The van der Waals surface area contributed by atoms with E-state index in [0.29, 0.717) is 0 Å². The number of hydrogen-bond acceptors (Lipinski definition) is 3.